The zero-order valence-electron chi connectivity index (χ0n) is 10.2. The summed E-state index contributed by atoms with van der Waals surface area (Å²) in [5, 5.41) is 9.08. The van der Waals surface area contributed by atoms with E-state index in [0.717, 1.165) is 0 Å². The standard InChI is InChI=1S/C11H18O6/c1-7(2)11(15)17-10(6-13)9(4-5-12)16-8(3)14/h5,7,9-10,13H,4,6H2,1-3H3/t9-,10+/m0/s1. The molecule has 0 heterocycles. The summed E-state index contributed by atoms with van der Waals surface area (Å²) in [6, 6.07) is 0. The molecule has 0 saturated carbocycles. The first-order valence-electron chi connectivity index (χ1n) is 5.34. The van der Waals surface area contributed by atoms with Gasteiger partial charge < -0.3 is 19.4 Å². The normalized spacial score (nSPS) is 13.9. The number of ether oxygens (including phenoxy) is 2. The van der Waals surface area contributed by atoms with E-state index in [4.69, 9.17) is 14.6 Å². The van der Waals surface area contributed by atoms with Crippen LogP contribution in [0, 0.1) is 5.92 Å². The maximum atomic E-state index is 11.3. The molecule has 0 fully saturated rings. The highest BCUT2D eigenvalue weighted by molar-refractivity contribution is 5.72. The minimum Gasteiger partial charge on any atom is -0.458 e. The molecule has 0 aromatic carbocycles. The fourth-order valence-corrected chi connectivity index (χ4v) is 1.10. The van der Waals surface area contributed by atoms with Crippen molar-refractivity contribution in [3.63, 3.8) is 0 Å². The van der Waals surface area contributed by atoms with Crippen LogP contribution in [0.2, 0.25) is 0 Å². The minimum atomic E-state index is -1.01. The van der Waals surface area contributed by atoms with Crippen LogP contribution < -0.4 is 0 Å². The molecule has 0 unspecified atom stereocenters. The number of hydrogen-bond acceptors (Lipinski definition) is 6. The van der Waals surface area contributed by atoms with Crippen LogP contribution in [0.25, 0.3) is 0 Å². The Kier molecular flexibility index (Phi) is 7.13. The lowest BCUT2D eigenvalue weighted by molar-refractivity contribution is -0.172. The number of carbonyl (C=O) groups is 3. The van der Waals surface area contributed by atoms with E-state index in [0.29, 0.717) is 6.29 Å². The van der Waals surface area contributed by atoms with Crippen molar-refractivity contribution in [2.24, 2.45) is 5.92 Å². The van der Waals surface area contributed by atoms with Gasteiger partial charge in [0.15, 0.2) is 6.10 Å². The first kappa shape index (κ1) is 15.6. The van der Waals surface area contributed by atoms with Gasteiger partial charge in [0.1, 0.15) is 12.4 Å². The van der Waals surface area contributed by atoms with Crippen molar-refractivity contribution in [2.45, 2.75) is 39.4 Å². The molecule has 0 aliphatic carbocycles. The molecule has 6 heteroatoms. The molecule has 6 nitrogen and oxygen atoms in total. The van der Waals surface area contributed by atoms with Crippen LogP contribution in [0.15, 0.2) is 0 Å². The van der Waals surface area contributed by atoms with Crippen LogP contribution >= 0.6 is 0 Å². The van der Waals surface area contributed by atoms with Crippen molar-refractivity contribution in [2.75, 3.05) is 6.61 Å². The average molecular weight is 246 g/mol. The van der Waals surface area contributed by atoms with E-state index in [2.05, 4.69) is 0 Å². The Labute approximate surface area is 99.9 Å². The molecule has 2 atom stereocenters. The zero-order valence-corrected chi connectivity index (χ0v) is 10.2. The van der Waals surface area contributed by atoms with Gasteiger partial charge in [0.25, 0.3) is 0 Å². The highest BCUT2D eigenvalue weighted by Crippen LogP contribution is 2.10. The number of aliphatic hydroxyl groups excluding tert-OH is 1. The molecule has 0 aliphatic rings. The van der Waals surface area contributed by atoms with Crippen molar-refractivity contribution < 1.29 is 29.0 Å². The molecule has 0 saturated heterocycles. The van der Waals surface area contributed by atoms with E-state index in [-0.39, 0.29) is 12.3 Å². The summed E-state index contributed by atoms with van der Waals surface area (Å²) in [5.74, 6) is -1.48. The maximum absolute atomic E-state index is 11.3. The van der Waals surface area contributed by atoms with Gasteiger partial charge in [-0.25, -0.2) is 0 Å². The molecule has 0 aromatic heterocycles. The Bertz CT molecular complexity index is 273. The summed E-state index contributed by atoms with van der Waals surface area (Å²) < 4.78 is 9.77. The summed E-state index contributed by atoms with van der Waals surface area (Å²) in [6.45, 7) is 3.94. The summed E-state index contributed by atoms with van der Waals surface area (Å²) in [6.07, 6.45) is -1.55. The van der Waals surface area contributed by atoms with Crippen LogP contribution in [-0.2, 0) is 23.9 Å². The quantitative estimate of drug-likeness (QED) is 0.505. The van der Waals surface area contributed by atoms with Gasteiger partial charge in [-0.15, -0.1) is 0 Å². The van der Waals surface area contributed by atoms with Gasteiger partial charge in [0.2, 0.25) is 0 Å². The Morgan fingerprint density at radius 3 is 2.18 bits per heavy atom. The van der Waals surface area contributed by atoms with E-state index >= 15 is 0 Å². The Hall–Kier alpha value is -1.43. The smallest absolute Gasteiger partial charge is 0.308 e. The SMILES string of the molecule is CC(=O)O[C@@H](CC=O)[C@@H](CO)OC(=O)C(C)C. The molecule has 0 aromatic rings. The van der Waals surface area contributed by atoms with Gasteiger partial charge in [-0.3, -0.25) is 9.59 Å². The molecule has 0 radical (unpaired) electrons. The first-order valence-corrected chi connectivity index (χ1v) is 5.34. The lowest BCUT2D eigenvalue weighted by atomic mass is 10.1. The van der Waals surface area contributed by atoms with Crippen molar-refractivity contribution in [3.05, 3.63) is 0 Å². The highest BCUT2D eigenvalue weighted by Gasteiger charge is 2.27. The Balaban J connectivity index is 4.59. The van der Waals surface area contributed by atoms with Crippen LogP contribution in [0.4, 0.5) is 0 Å². The van der Waals surface area contributed by atoms with E-state index in [1.54, 1.807) is 13.8 Å². The highest BCUT2D eigenvalue weighted by atomic mass is 16.6. The first-order chi connectivity index (χ1) is 7.92. The number of rotatable bonds is 7. The molecule has 0 rings (SSSR count). The number of carbonyl (C=O) groups excluding carboxylic acids is 3. The van der Waals surface area contributed by atoms with Gasteiger partial charge >= 0.3 is 11.9 Å². The van der Waals surface area contributed by atoms with E-state index in [9.17, 15) is 14.4 Å². The minimum absolute atomic E-state index is 0.129. The Morgan fingerprint density at radius 1 is 1.24 bits per heavy atom. The third-order valence-electron chi connectivity index (χ3n) is 1.98. The predicted molar refractivity (Wildman–Crippen MR) is 58.0 cm³/mol. The fraction of sp³-hybridized carbons (Fsp3) is 0.727. The summed E-state index contributed by atoms with van der Waals surface area (Å²) in [7, 11) is 0. The largest absolute Gasteiger partial charge is 0.458 e. The van der Waals surface area contributed by atoms with Gasteiger partial charge in [0, 0.05) is 13.3 Å². The molecule has 0 spiro atoms. The van der Waals surface area contributed by atoms with Crippen LogP contribution in [0.1, 0.15) is 27.2 Å². The molecular formula is C11H18O6. The maximum Gasteiger partial charge on any atom is 0.308 e. The number of aliphatic hydroxyl groups is 1. The van der Waals surface area contributed by atoms with E-state index < -0.39 is 30.8 Å². The number of aldehydes is 1. The van der Waals surface area contributed by atoms with Crippen LogP contribution in [0.5, 0.6) is 0 Å². The van der Waals surface area contributed by atoms with Crippen molar-refractivity contribution in [1.29, 1.82) is 0 Å². The number of hydrogen-bond donors (Lipinski definition) is 1. The molecule has 17 heavy (non-hydrogen) atoms. The molecule has 98 valence electrons. The lowest BCUT2D eigenvalue weighted by Crippen LogP contribution is -2.38. The van der Waals surface area contributed by atoms with Crippen LogP contribution in [0.3, 0.4) is 0 Å². The second kappa shape index (κ2) is 7.78. The summed E-state index contributed by atoms with van der Waals surface area (Å²) in [4.78, 5) is 32.6. The third-order valence-corrected chi connectivity index (χ3v) is 1.98. The molecule has 0 amide bonds. The molecule has 1 N–H and O–H groups in total. The lowest BCUT2D eigenvalue weighted by Gasteiger charge is -2.24. The topological polar surface area (TPSA) is 89.9 Å². The van der Waals surface area contributed by atoms with Gasteiger partial charge in [-0.05, 0) is 0 Å². The van der Waals surface area contributed by atoms with Crippen molar-refractivity contribution in [1.82, 2.24) is 0 Å². The Morgan fingerprint density at radius 2 is 1.82 bits per heavy atom. The average Bonchev–Trinajstić information content (AvgIpc) is 2.24. The van der Waals surface area contributed by atoms with Crippen molar-refractivity contribution in [3.8, 4) is 0 Å². The number of esters is 2. The third kappa shape index (κ3) is 6.01. The van der Waals surface area contributed by atoms with E-state index in [1.807, 2.05) is 0 Å². The molecule has 0 bridgehead atoms. The van der Waals surface area contributed by atoms with Gasteiger partial charge in [-0.2, -0.15) is 0 Å². The molecule has 0 aliphatic heterocycles. The fourth-order valence-electron chi connectivity index (χ4n) is 1.10. The van der Waals surface area contributed by atoms with Crippen LogP contribution in [-0.4, -0.2) is 42.1 Å². The van der Waals surface area contributed by atoms with Gasteiger partial charge in [-0.1, -0.05) is 13.8 Å². The summed E-state index contributed by atoms with van der Waals surface area (Å²) >= 11 is 0. The predicted octanol–water partition coefficient (Wildman–Crippen LogP) is 0.0672. The molecular weight excluding hydrogens is 228 g/mol. The van der Waals surface area contributed by atoms with Gasteiger partial charge in [0.05, 0.1) is 12.5 Å². The van der Waals surface area contributed by atoms with E-state index in [1.165, 1.54) is 6.92 Å². The second-order valence-electron chi connectivity index (χ2n) is 3.86. The zero-order chi connectivity index (χ0) is 13.4. The monoisotopic (exact) mass is 246 g/mol. The summed E-state index contributed by atoms with van der Waals surface area (Å²) in [5.41, 5.74) is 0. The van der Waals surface area contributed by atoms with Crippen molar-refractivity contribution >= 4 is 18.2 Å². The second-order valence-corrected chi connectivity index (χ2v) is 3.86.